The third-order valence-corrected chi connectivity index (χ3v) is 2.57. The van der Waals surface area contributed by atoms with Crippen molar-refractivity contribution in [2.24, 2.45) is 0 Å². The number of hydrogen-bond acceptors (Lipinski definition) is 3. The molecule has 0 aliphatic rings. The van der Waals surface area contributed by atoms with Gasteiger partial charge in [0.15, 0.2) is 11.6 Å². The number of carbonyl (C=O) groups excluding carboxylic acids is 1. The third-order valence-electron chi connectivity index (χ3n) is 2.57. The van der Waals surface area contributed by atoms with Gasteiger partial charge in [-0.1, -0.05) is 12.6 Å². The van der Waals surface area contributed by atoms with Crippen LogP contribution in [0.3, 0.4) is 0 Å². The summed E-state index contributed by atoms with van der Waals surface area (Å²) in [4.78, 5) is 11.0. The highest BCUT2D eigenvalue weighted by Crippen LogP contribution is 2.29. The van der Waals surface area contributed by atoms with Crippen LogP contribution in [0.25, 0.3) is 11.1 Å². The van der Waals surface area contributed by atoms with Crippen molar-refractivity contribution in [3.8, 4) is 22.6 Å². The van der Waals surface area contributed by atoms with Crippen LogP contribution in [0.1, 0.15) is 0 Å². The second-order valence-corrected chi connectivity index (χ2v) is 3.93. The van der Waals surface area contributed by atoms with E-state index >= 15 is 0 Å². The van der Waals surface area contributed by atoms with E-state index in [4.69, 9.17) is 5.11 Å². The minimum atomic E-state index is -0.801. The summed E-state index contributed by atoms with van der Waals surface area (Å²) in [5.74, 6) is -2.75. The van der Waals surface area contributed by atoms with E-state index in [0.29, 0.717) is 0 Å². The van der Waals surface area contributed by atoms with Crippen LogP contribution in [0, 0.1) is 11.6 Å². The van der Waals surface area contributed by atoms with Crippen molar-refractivity contribution >= 4 is 5.97 Å². The quantitative estimate of drug-likeness (QED) is 0.530. The van der Waals surface area contributed by atoms with Gasteiger partial charge >= 0.3 is 5.97 Å². The second kappa shape index (κ2) is 5.52. The Bertz CT molecular complexity index is 681. The van der Waals surface area contributed by atoms with E-state index in [1.165, 1.54) is 24.3 Å². The Balaban J connectivity index is 2.37. The molecule has 0 bridgehead atoms. The number of esters is 1. The van der Waals surface area contributed by atoms with Gasteiger partial charge in [-0.3, -0.25) is 0 Å². The van der Waals surface area contributed by atoms with Gasteiger partial charge in [-0.15, -0.1) is 0 Å². The van der Waals surface area contributed by atoms with Gasteiger partial charge in [0.05, 0.1) is 0 Å². The molecule has 0 amide bonds. The van der Waals surface area contributed by atoms with Gasteiger partial charge in [0.2, 0.25) is 0 Å². The highest BCUT2D eigenvalue weighted by atomic mass is 19.1. The molecule has 0 aromatic heterocycles. The molecule has 0 saturated carbocycles. The van der Waals surface area contributed by atoms with Gasteiger partial charge in [-0.2, -0.15) is 0 Å². The smallest absolute Gasteiger partial charge is 0.335 e. The zero-order valence-electron chi connectivity index (χ0n) is 10.3. The first kappa shape index (κ1) is 13.7. The molecule has 0 fully saturated rings. The predicted molar refractivity (Wildman–Crippen MR) is 69.3 cm³/mol. The number of aromatic hydroxyl groups is 1. The molecule has 2 aromatic carbocycles. The number of hydrogen-bond donors (Lipinski definition) is 1. The van der Waals surface area contributed by atoms with Crippen LogP contribution in [0.15, 0.2) is 49.1 Å². The van der Waals surface area contributed by atoms with Gasteiger partial charge in [-0.05, 0) is 29.8 Å². The van der Waals surface area contributed by atoms with E-state index in [1.807, 2.05) is 0 Å². The Morgan fingerprint density at radius 3 is 2.50 bits per heavy atom. The Morgan fingerprint density at radius 1 is 1.15 bits per heavy atom. The molecule has 5 heteroatoms. The monoisotopic (exact) mass is 276 g/mol. The lowest BCUT2D eigenvalue weighted by molar-refractivity contribution is -0.129. The zero-order valence-corrected chi connectivity index (χ0v) is 10.3. The number of rotatable bonds is 3. The lowest BCUT2D eigenvalue weighted by atomic mass is 10.0. The van der Waals surface area contributed by atoms with E-state index in [1.54, 1.807) is 0 Å². The van der Waals surface area contributed by atoms with Crippen molar-refractivity contribution in [2.45, 2.75) is 0 Å². The first-order valence-electron chi connectivity index (χ1n) is 5.64. The summed E-state index contributed by atoms with van der Waals surface area (Å²) in [6, 6.07) is 7.22. The maximum Gasteiger partial charge on any atom is 0.335 e. The minimum absolute atomic E-state index is 0.128. The summed E-state index contributed by atoms with van der Waals surface area (Å²) in [7, 11) is 0. The number of ether oxygens (including phenoxy) is 1. The normalized spacial score (nSPS) is 10.1. The van der Waals surface area contributed by atoms with Crippen LogP contribution in [0.2, 0.25) is 0 Å². The van der Waals surface area contributed by atoms with E-state index in [2.05, 4.69) is 11.3 Å². The standard InChI is InChI=1S/C15H10F2O3/c1-2-15(19)20-14-6-3-9(7-13(14)17)11-5-4-10(18)8-12(11)16/h2-8,18H,1H2. The summed E-state index contributed by atoms with van der Waals surface area (Å²) in [5, 5.41) is 9.13. The zero-order chi connectivity index (χ0) is 14.7. The average Bonchev–Trinajstić information content (AvgIpc) is 2.41. The fourth-order valence-electron chi connectivity index (χ4n) is 1.64. The summed E-state index contributed by atoms with van der Waals surface area (Å²) < 4.78 is 32.1. The first-order chi connectivity index (χ1) is 9.51. The summed E-state index contributed by atoms with van der Waals surface area (Å²) in [5.41, 5.74) is 0.390. The van der Waals surface area contributed by atoms with Gasteiger partial charge in [0, 0.05) is 17.7 Å². The largest absolute Gasteiger partial charge is 0.508 e. The number of phenols is 1. The van der Waals surface area contributed by atoms with Crippen molar-refractivity contribution in [3.63, 3.8) is 0 Å². The van der Waals surface area contributed by atoms with E-state index in [0.717, 1.165) is 18.2 Å². The molecule has 2 aromatic rings. The molecular formula is C15H10F2O3. The predicted octanol–water partition coefficient (Wildman–Crippen LogP) is 3.43. The molecule has 0 heterocycles. The van der Waals surface area contributed by atoms with Gasteiger partial charge in [0.1, 0.15) is 11.6 Å². The molecule has 102 valence electrons. The molecule has 3 nitrogen and oxygen atoms in total. The molecule has 20 heavy (non-hydrogen) atoms. The molecule has 0 radical (unpaired) electrons. The van der Waals surface area contributed by atoms with Crippen molar-refractivity contribution < 1.29 is 23.4 Å². The van der Waals surface area contributed by atoms with Crippen LogP contribution >= 0.6 is 0 Å². The second-order valence-electron chi connectivity index (χ2n) is 3.93. The van der Waals surface area contributed by atoms with Crippen LogP contribution in [0.4, 0.5) is 8.78 Å². The lowest BCUT2D eigenvalue weighted by Crippen LogP contribution is -2.04. The summed E-state index contributed by atoms with van der Waals surface area (Å²) in [6.45, 7) is 3.20. The van der Waals surface area contributed by atoms with Gasteiger partial charge in [0.25, 0.3) is 0 Å². The molecule has 0 spiro atoms. The van der Waals surface area contributed by atoms with Crippen molar-refractivity contribution in [1.29, 1.82) is 0 Å². The number of carbonyl (C=O) groups is 1. The Hall–Kier alpha value is -2.69. The Labute approximate surface area is 113 Å². The molecular weight excluding hydrogens is 266 g/mol. The van der Waals surface area contributed by atoms with Gasteiger partial charge < -0.3 is 9.84 Å². The molecule has 0 saturated heterocycles. The number of halogens is 2. The molecule has 0 atom stereocenters. The minimum Gasteiger partial charge on any atom is -0.508 e. The molecule has 0 aliphatic heterocycles. The van der Waals surface area contributed by atoms with Crippen LogP contribution in [0.5, 0.6) is 11.5 Å². The summed E-state index contributed by atoms with van der Waals surface area (Å²) >= 11 is 0. The Morgan fingerprint density at radius 2 is 1.90 bits per heavy atom. The van der Waals surface area contributed by atoms with Crippen molar-refractivity contribution in [1.82, 2.24) is 0 Å². The molecule has 2 rings (SSSR count). The maximum absolute atomic E-state index is 13.8. The molecule has 0 unspecified atom stereocenters. The van der Waals surface area contributed by atoms with Crippen molar-refractivity contribution in [3.05, 3.63) is 60.7 Å². The fraction of sp³-hybridized carbons (Fsp3) is 0. The number of benzene rings is 2. The van der Waals surface area contributed by atoms with Crippen LogP contribution in [-0.4, -0.2) is 11.1 Å². The average molecular weight is 276 g/mol. The van der Waals surface area contributed by atoms with E-state index in [-0.39, 0.29) is 22.6 Å². The van der Waals surface area contributed by atoms with Crippen molar-refractivity contribution in [2.75, 3.05) is 0 Å². The maximum atomic E-state index is 13.8. The molecule has 0 aliphatic carbocycles. The number of phenolic OH excluding ortho intramolecular Hbond substituents is 1. The fourth-order valence-corrected chi connectivity index (χ4v) is 1.64. The SMILES string of the molecule is C=CC(=O)Oc1ccc(-c2ccc(O)cc2F)cc1F. The van der Waals surface area contributed by atoms with E-state index < -0.39 is 17.6 Å². The van der Waals surface area contributed by atoms with E-state index in [9.17, 15) is 13.6 Å². The van der Waals surface area contributed by atoms with Crippen LogP contribution < -0.4 is 4.74 Å². The third kappa shape index (κ3) is 2.83. The van der Waals surface area contributed by atoms with Gasteiger partial charge in [-0.25, -0.2) is 13.6 Å². The molecule has 1 N–H and O–H groups in total. The topological polar surface area (TPSA) is 46.5 Å². The summed E-state index contributed by atoms with van der Waals surface area (Å²) in [6.07, 6.45) is 0.910. The Kier molecular flexibility index (Phi) is 3.79. The highest BCUT2D eigenvalue weighted by molar-refractivity contribution is 5.83. The first-order valence-corrected chi connectivity index (χ1v) is 5.64. The highest BCUT2D eigenvalue weighted by Gasteiger charge is 2.11. The van der Waals surface area contributed by atoms with Crippen LogP contribution in [-0.2, 0) is 4.79 Å². The lowest BCUT2D eigenvalue weighted by Gasteiger charge is -2.07.